The van der Waals surface area contributed by atoms with E-state index in [-0.39, 0.29) is 0 Å². The van der Waals surface area contributed by atoms with Gasteiger partial charge in [-0.25, -0.2) is 0 Å². The fraction of sp³-hybridized carbons (Fsp3) is 0.867. The fourth-order valence-electron chi connectivity index (χ4n) is 3.65. The summed E-state index contributed by atoms with van der Waals surface area (Å²) >= 11 is 0. The molecular formula is C15H26O. The average molecular weight is 222 g/mol. The first-order valence-electron chi connectivity index (χ1n) is 6.83. The van der Waals surface area contributed by atoms with Crippen molar-refractivity contribution < 1.29 is 5.11 Å². The highest BCUT2D eigenvalue weighted by atomic mass is 16.3. The van der Waals surface area contributed by atoms with E-state index < -0.39 is 5.60 Å². The molecule has 0 spiro atoms. The molecule has 0 fully saturated rings. The molecule has 2 rings (SSSR count). The van der Waals surface area contributed by atoms with E-state index in [4.69, 9.17) is 0 Å². The van der Waals surface area contributed by atoms with Gasteiger partial charge in [0.2, 0.25) is 0 Å². The van der Waals surface area contributed by atoms with Gasteiger partial charge in [-0.15, -0.1) is 0 Å². The highest BCUT2D eigenvalue weighted by Crippen LogP contribution is 2.45. The zero-order valence-electron chi connectivity index (χ0n) is 11.2. The smallest absolute Gasteiger partial charge is 0.0620 e. The summed E-state index contributed by atoms with van der Waals surface area (Å²) in [5.41, 5.74) is 2.97. The Balaban J connectivity index is 2.16. The Morgan fingerprint density at radius 2 is 1.56 bits per heavy atom. The zero-order valence-corrected chi connectivity index (χ0v) is 11.2. The van der Waals surface area contributed by atoms with Gasteiger partial charge in [-0.3, -0.25) is 0 Å². The van der Waals surface area contributed by atoms with Crippen molar-refractivity contribution >= 4 is 0 Å². The molecule has 1 unspecified atom stereocenters. The third-order valence-corrected chi connectivity index (χ3v) is 4.85. The molecule has 3 atom stereocenters. The highest BCUT2D eigenvalue weighted by molar-refractivity contribution is 5.25. The average Bonchev–Trinajstić information content (AvgIpc) is 2.42. The molecule has 16 heavy (non-hydrogen) atoms. The van der Waals surface area contributed by atoms with E-state index in [2.05, 4.69) is 13.8 Å². The van der Waals surface area contributed by atoms with Crippen molar-refractivity contribution in [3.8, 4) is 0 Å². The van der Waals surface area contributed by atoms with Gasteiger partial charge >= 0.3 is 0 Å². The van der Waals surface area contributed by atoms with Gasteiger partial charge < -0.3 is 5.11 Å². The van der Waals surface area contributed by atoms with E-state index in [0.717, 1.165) is 5.92 Å². The van der Waals surface area contributed by atoms with Crippen LogP contribution in [-0.2, 0) is 0 Å². The maximum absolute atomic E-state index is 10.2. The minimum absolute atomic E-state index is 0.472. The van der Waals surface area contributed by atoms with Crippen molar-refractivity contribution in [2.24, 2.45) is 17.8 Å². The summed E-state index contributed by atoms with van der Waals surface area (Å²) in [6.07, 6.45) is 6.26. The Bertz CT molecular complexity index is 295. The Morgan fingerprint density at radius 1 is 1.00 bits per heavy atom. The summed E-state index contributed by atoms with van der Waals surface area (Å²) in [5, 5.41) is 10.2. The summed E-state index contributed by atoms with van der Waals surface area (Å²) in [6.45, 7) is 8.69. The van der Waals surface area contributed by atoms with Gasteiger partial charge in [-0.05, 0) is 63.7 Å². The molecular weight excluding hydrogens is 196 g/mol. The molecule has 2 aliphatic rings. The molecule has 0 radical (unpaired) electrons. The van der Waals surface area contributed by atoms with Gasteiger partial charge in [0.05, 0.1) is 5.60 Å². The van der Waals surface area contributed by atoms with Gasteiger partial charge in [0.1, 0.15) is 0 Å². The van der Waals surface area contributed by atoms with Crippen LogP contribution in [0.4, 0.5) is 0 Å². The van der Waals surface area contributed by atoms with Gasteiger partial charge in [0.25, 0.3) is 0 Å². The first kappa shape index (κ1) is 12.2. The quantitative estimate of drug-likeness (QED) is 0.667. The number of hydrogen-bond acceptors (Lipinski definition) is 1. The third-order valence-electron chi connectivity index (χ3n) is 4.85. The van der Waals surface area contributed by atoms with E-state index in [1.807, 2.05) is 13.8 Å². The zero-order chi connectivity index (χ0) is 11.9. The number of hydrogen-bond donors (Lipinski definition) is 1. The van der Waals surface area contributed by atoms with Crippen molar-refractivity contribution in [3.63, 3.8) is 0 Å². The van der Waals surface area contributed by atoms with Gasteiger partial charge in [0.15, 0.2) is 0 Å². The Morgan fingerprint density at radius 3 is 2.19 bits per heavy atom. The van der Waals surface area contributed by atoms with Crippen LogP contribution in [0.25, 0.3) is 0 Å². The molecule has 0 aromatic carbocycles. The molecule has 0 aromatic heterocycles. The molecule has 1 N–H and O–H groups in total. The summed E-state index contributed by atoms with van der Waals surface area (Å²) in [4.78, 5) is 0. The van der Waals surface area contributed by atoms with Gasteiger partial charge in [0, 0.05) is 0 Å². The van der Waals surface area contributed by atoms with Crippen LogP contribution >= 0.6 is 0 Å². The van der Waals surface area contributed by atoms with Crippen LogP contribution in [0.5, 0.6) is 0 Å². The molecule has 0 aromatic rings. The molecule has 0 aliphatic heterocycles. The largest absolute Gasteiger partial charge is 0.390 e. The molecule has 2 aliphatic carbocycles. The monoisotopic (exact) mass is 222 g/mol. The van der Waals surface area contributed by atoms with Crippen LogP contribution in [0.15, 0.2) is 11.1 Å². The van der Waals surface area contributed by atoms with Crippen LogP contribution in [-0.4, -0.2) is 10.7 Å². The molecule has 0 saturated carbocycles. The molecule has 1 heteroatoms. The first-order chi connectivity index (χ1) is 7.39. The van der Waals surface area contributed by atoms with Crippen LogP contribution < -0.4 is 0 Å². The number of allylic oxidation sites excluding steroid dienone is 2. The van der Waals surface area contributed by atoms with Crippen LogP contribution in [0, 0.1) is 17.8 Å². The van der Waals surface area contributed by atoms with Crippen molar-refractivity contribution in [3.05, 3.63) is 11.1 Å². The fourth-order valence-corrected chi connectivity index (χ4v) is 3.65. The van der Waals surface area contributed by atoms with Crippen LogP contribution in [0.1, 0.15) is 59.8 Å². The maximum Gasteiger partial charge on any atom is 0.0620 e. The van der Waals surface area contributed by atoms with E-state index in [9.17, 15) is 5.11 Å². The first-order valence-corrected chi connectivity index (χ1v) is 6.83. The maximum atomic E-state index is 10.2. The number of aliphatic hydroxyl groups is 1. The second-order valence-corrected chi connectivity index (χ2v) is 6.52. The van der Waals surface area contributed by atoms with Crippen molar-refractivity contribution in [2.75, 3.05) is 0 Å². The Kier molecular flexibility index (Phi) is 3.18. The Hall–Kier alpha value is -0.300. The topological polar surface area (TPSA) is 20.2 Å². The molecule has 1 nitrogen and oxygen atoms in total. The SMILES string of the molecule is C[C@H]1CCC2=C1CCC(C(C)(C)O)C[C@@H]2C. The van der Waals surface area contributed by atoms with Crippen LogP contribution in [0.3, 0.4) is 0 Å². The number of rotatable bonds is 1. The van der Waals surface area contributed by atoms with E-state index in [1.165, 1.54) is 32.1 Å². The lowest BCUT2D eigenvalue weighted by Gasteiger charge is -2.30. The standard InChI is InChI=1S/C15H26O/c1-10-5-7-14-11(2)9-12(15(3,4)16)6-8-13(10)14/h10-12,16H,5-9H2,1-4H3/t10-,11-,12?/m0/s1. The molecule has 0 saturated heterocycles. The molecule has 0 bridgehead atoms. The lowest BCUT2D eigenvalue weighted by atomic mass is 9.80. The lowest BCUT2D eigenvalue weighted by molar-refractivity contribution is 0.00617. The summed E-state index contributed by atoms with van der Waals surface area (Å²) in [5.74, 6) is 1.97. The van der Waals surface area contributed by atoms with Gasteiger partial charge in [-0.1, -0.05) is 25.0 Å². The predicted octanol–water partition coefficient (Wildman–Crippen LogP) is 3.92. The second kappa shape index (κ2) is 4.18. The van der Waals surface area contributed by atoms with E-state index in [0.29, 0.717) is 11.8 Å². The van der Waals surface area contributed by atoms with Crippen LogP contribution in [0.2, 0.25) is 0 Å². The summed E-state index contributed by atoms with van der Waals surface area (Å²) in [6, 6.07) is 0. The van der Waals surface area contributed by atoms with Crippen molar-refractivity contribution in [1.29, 1.82) is 0 Å². The van der Waals surface area contributed by atoms with E-state index >= 15 is 0 Å². The second-order valence-electron chi connectivity index (χ2n) is 6.52. The van der Waals surface area contributed by atoms with Crippen molar-refractivity contribution in [2.45, 2.75) is 65.4 Å². The lowest BCUT2D eigenvalue weighted by Crippen LogP contribution is -2.31. The summed E-state index contributed by atoms with van der Waals surface area (Å²) in [7, 11) is 0. The predicted molar refractivity (Wildman–Crippen MR) is 68.2 cm³/mol. The molecule has 0 amide bonds. The normalized spacial score (nSPS) is 36.2. The van der Waals surface area contributed by atoms with E-state index in [1.54, 1.807) is 11.1 Å². The molecule has 0 heterocycles. The third kappa shape index (κ3) is 2.20. The minimum Gasteiger partial charge on any atom is -0.390 e. The minimum atomic E-state index is -0.503. The van der Waals surface area contributed by atoms with Crippen molar-refractivity contribution in [1.82, 2.24) is 0 Å². The highest BCUT2D eigenvalue weighted by Gasteiger charge is 2.35. The summed E-state index contributed by atoms with van der Waals surface area (Å²) < 4.78 is 0. The van der Waals surface area contributed by atoms with Gasteiger partial charge in [-0.2, -0.15) is 0 Å². The molecule has 92 valence electrons. The Labute approximate surface area is 99.9 Å².